The second-order valence-electron chi connectivity index (χ2n) is 11.3. The zero-order valence-electron chi connectivity index (χ0n) is 24.8. The largest absolute Gasteiger partial charge is 0.465 e. The van der Waals surface area contributed by atoms with Gasteiger partial charge in [-0.1, -0.05) is 162 Å². The van der Waals surface area contributed by atoms with Crippen LogP contribution in [0, 0.1) is 5.92 Å². The first-order valence-electron chi connectivity index (χ1n) is 16.5. The van der Waals surface area contributed by atoms with Crippen LogP contribution in [-0.4, -0.2) is 24.3 Å². The second kappa shape index (κ2) is 30.7. The summed E-state index contributed by atoms with van der Waals surface area (Å²) in [5.41, 5.74) is 0. The smallest absolute Gasteiger partial charge is 0.308 e. The van der Waals surface area contributed by atoms with Crippen molar-refractivity contribution in [1.29, 1.82) is 0 Å². The summed E-state index contributed by atoms with van der Waals surface area (Å²) in [4.78, 5) is 12.8. The van der Waals surface area contributed by atoms with Gasteiger partial charge in [0, 0.05) is 6.61 Å². The van der Waals surface area contributed by atoms with Gasteiger partial charge in [-0.2, -0.15) is 0 Å². The molecule has 0 radical (unpaired) electrons. The van der Waals surface area contributed by atoms with E-state index >= 15 is 0 Å². The van der Waals surface area contributed by atoms with E-state index < -0.39 is 0 Å². The van der Waals surface area contributed by atoms with Gasteiger partial charge in [-0.25, -0.2) is 0 Å². The van der Waals surface area contributed by atoms with E-state index in [-0.39, 0.29) is 11.9 Å². The molecule has 3 heteroatoms. The Bertz CT molecular complexity index is 423. The molecule has 0 spiro atoms. The quantitative estimate of drug-likeness (QED) is 0.0772. The van der Waals surface area contributed by atoms with Gasteiger partial charge >= 0.3 is 5.97 Å². The van der Waals surface area contributed by atoms with Crippen molar-refractivity contribution >= 4 is 5.97 Å². The minimum Gasteiger partial charge on any atom is -0.465 e. The summed E-state index contributed by atoms with van der Waals surface area (Å²) in [7, 11) is 0. The summed E-state index contributed by atoms with van der Waals surface area (Å²) in [6.07, 6.45) is 33.9. The maximum absolute atomic E-state index is 12.8. The minimum atomic E-state index is 0.0804. The molecule has 0 aliphatic carbocycles. The molecule has 1 N–H and O–H groups in total. The highest BCUT2D eigenvalue weighted by Crippen LogP contribution is 2.21. The van der Waals surface area contributed by atoms with E-state index in [2.05, 4.69) is 13.8 Å². The molecule has 0 aliphatic heterocycles. The van der Waals surface area contributed by atoms with Gasteiger partial charge in [0.1, 0.15) is 0 Å². The molecule has 0 aromatic carbocycles. The van der Waals surface area contributed by atoms with E-state index in [1.165, 1.54) is 135 Å². The highest BCUT2D eigenvalue weighted by atomic mass is 16.5. The maximum Gasteiger partial charge on any atom is 0.308 e. The topological polar surface area (TPSA) is 46.5 Å². The summed E-state index contributed by atoms with van der Waals surface area (Å²) < 4.78 is 5.74. The van der Waals surface area contributed by atoms with Crippen LogP contribution < -0.4 is 0 Å². The monoisotopic (exact) mass is 511 g/mol. The number of esters is 1. The number of hydrogen-bond acceptors (Lipinski definition) is 3. The zero-order chi connectivity index (χ0) is 26.4. The lowest BCUT2D eigenvalue weighted by molar-refractivity contribution is -0.149. The average molecular weight is 511 g/mol. The molecule has 1 atom stereocenters. The van der Waals surface area contributed by atoms with Gasteiger partial charge in [0.15, 0.2) is 0 Å². The fourth-order valence-electron chi connectivity index (χ4n) is 5.17. The standard InChI is InChI=1S/C33H66O3/c1-3-5-7-9-11-13-14-17-21-25-29-32(28-24-20-16-12-10-8-6-4-2)33(35)36-31-27-23-19-15-18-22-26-30-34/h32,34H,3-31H2,1-2H3. The van der Waals surface area contributed by atoms with Crippen LogP contribution in [-0.2, 0) is 9.53 Å². The van der Waals surface area contributed by atoms with Crippen molar-refractivity contribution in [3.8, 4) is 0 Å². The van der Waals surface area contributed by atoms with Crippen LogP contribution >= 0.6 is 0 Å². The molecule has 0 saturated heterocycles. The van der Waals surface area contributed by atoms with Crippen molar-refractivity contribution < 1.29 is 14.6 Å². The number of aliphatic hydroxyl groups is 1. The first-order valence-corrected chi connectivity index (χ1v) is 16.5. The Morgan fingerprint density at radius 2 is 0.833 bits per heavy atom. The minimum absolute atomic E-state index is 0.0804. The summed E-state index contributed by atoms with van der Waals surface area (Å²) in [5, 5.41) is 8.84. The lowest BCUT2D eigenvalue weighted by atomic mass is 9.94. The van der Waals surface area contributed by atoms with E-state index in [4.69, 9.17) is 9.84 Å². The normalized spacial score (nSPS) is 12.2. The highest BCUT2D eigenvalue weighted by molar-refractivity contribution is 5.72. The molecular weight excluding hydrogens is 444 g/mol. The molecule has 0 aliphatic rings. The summed E-state index contributed by atoms with van der Waals surface area (Å²) in [5.74, 6) is 0.203. The average Bonchev–Trinajstić information content (AvgIpc) is 2.88. The number of carbonyl (C=O) groups is 1. The van der Waals surface area contributed by atoms with Crippen molar-refractivity contribution in [1.82, 2.24) is 0 Å². The number of hydrogen-bond donors (Lipinski definition) is 1. The van der Waals surface area contributed by atoms with Crippen molar-refractivity contribution in [3.05, 3.63) is 0 Å². The molecule has 0 aromatic rings. The third-order valence-corrected chi connectivity index (χ3v) is 7.69. The molecule has 36 heavy (non-hydrogen) atoms. The predicted octanol–water partition coefficient (Wildman–Crippen LogP) is 10.7. The summed E-state index contributed by atoms with van der Waals surface area (Å²) in [6.45, 7) is 5.47. The van der Waals surface area contributed by atoms with Crippen molar-refractivity contribution in [2.45, 2.75) is 187 Å². The van der Waals surface area contributed by atoms with E-state index in [9.17, 15) is 4.79 Å². The van der Waals surface area contributed by atoms with Crippen molar-refractivity contribution in [2.24, 2.45) is 5.92 Å². The van der Waals surface area contributed by atoms with Crippen LogP contribution in [0.1, 0.15) is 187 Å². The Morgan fingerprint density at radius 1 is 0.500 bits per heavy atom. The first-order chi connectivity index (χ1) is 17.8. The van der Waals surface area contributed by atoms with Gasteiger partial charge in [0.05, 0.1) is 12.5 Å². The number of aliphatic hydroxyl groups excluding tert-OH is 1. The van der Waals surface area contributed by atoms with Crippen molar-refractivity contribution in [3.63, 3.8) is 0 Å². The molecule has 0 aromatic heterocycles. The number of ether oxygens (including phenoxy) is 1. The Balaban J connectivity index is 4.04. The van der Waals surface area contributed by atoms with E-state index in [1.54, 1.807) is 0 Å². The lowest BCUT2D eigenvalue weighted by Crippen LogP contribution is -2.18. The predicted molar refractivity (Wildman–Crippen MR) is 158 cm³/mol. The molecule has 0 fully saturated rings. The Labute approximate surface area is 226 Å². The molecular formula is C33H66O3. The molecule has 216 valence electrons. The van der Waals surface area contributed by atoms with Gasteiger partial charge in [-0.15, -0.1) is 0 Å². The third-order valence-electron chi connectivity index (χ3n) is 7.69. The van der Waals surface area contributed by atoms with E-state index in [0.29, 0.717) is 13.2 Å². The number of rotatable bonds is 30. The molecule has 0 bridgehead atoms. The number of unbranched alkanes of at least 4 members (excludes halogenated alkanes) is 22. The van der Waals surface area contributed by atoms with Crippen molar-refractivity contribution in [2.75, 3.05) is 13.2 Å². The fourth-order valence-corrected chi connectivity index (χ4v) is 5.17. The van der Waals surface area contributed by atoms with Crippen LogP contribution in [0.2, 0.25) is 0 Å². The van der Waals surface area contributed by atoms with E-state index in [1.807, 2.05) is 0 Å². The first kappa shape index (κ1) is 35.4. The molecule has 0 saturated carbocycles. The SMILES string of the molecule is CCCCCCCCCCCCC(CCCCCCCCCC)C(=O)OCCCCCCCCCO. The fraction of sp³-hybridized carbons (Fsp3) is 0.970. The Morgan fingerprint density at radius 3 is 1.22 bits per heavy atom. The van der Waals surface area contributed by atoms with Crippen LogP contribution in [0.25, 0.3) is 0 Å². The Hall–Kier alpha value is -0.570. The van der Waals surface area contributed by atoms with Crippen LogP contribution in [0.4, 0.5) is 0 Å². The Kier molecular flexibility index (Phi) is 30.2. The summed E-state index contributed by atoms with van der Waals surface area (Å²) in [6, 6.07) is 0. The molecule has 0 rings (SSSR count). The molecule has 0 amide bonds. The lowest BCUT2D eigenvalue weighted by Gasteiger charge is -2.16. The van der Waals surface area contributed by atoms with E-state index in [0.717, 1.165) is 38.5 Å². The van der Waals surface area contributed by atoms with Gasteiger partial charge in [0.2, 0.25) is 0 Å². The van der Waals surface area contributed by atoms with Gasteiger partial charge in [0.25, 0.3) is 0 Å². The highest BCUT2D eigenvalue weighted by Gasteiger charge is 2.19. The molecule has 1 unspecified atom stereocenters. The summed E-state index contributed by atoms with van der Waals surface area (Å²) >= 11 is 0. The van der Waals surface area contributed by atoms with Gasteiger partial charge in [-0.05, 0) is 25.7 Å². The second-order valence-corrected chi connectivity index (χ2v) is 11.3. The molecule has 0 heterocycles. The zero-order valence-corrected chi connectivity index (χ0v) is 24.8. The van der Waals surface area contributed by atoms with Gasteiger partial charge in [-0.3, -0.25) is 4.79 Å². The third kappa shape index (κ3) is 26.5. The van der Waals surface area contributed by atoms with Crippen LogP contribution in [0.5, 0.6) is 0 Å². The molecule has 3 nitrogen and oxygen atoms in total. The van der Waals surface area contributed by atoms with Crippen LogP contribution in [0.15, 0.2) is 0 Å². The maximum atomic E-state index is 12.8. The number of carbonyl (C=O) groups excluding carboxylic acids is 1. The van der Waals surface area contributed by atoms with Gasteiger partial charge < -0.3 is 9.84 Å². The van der Waals surface area contributed by atoms with Crippen LogP contribution in [0.3, 0.4) is 0 Å².